The molecule has 0 bridgehead atoms. The highest BCUT2D eigenvalue weighted by Gasteiger charge is 2.45. The summed E-state index contributed by atoms with van der Waals surface area (Å²) in [5, 5.41) is 10.7. The van der Waals surface area contributed by atoms with E-state index in [1.807, 2.05) is 6.92 Å². The van der Waals surface area contributed by atoms with Crippen LogP contribution >= 0.6 is 0 Å². The zero-order chi connectivity index (χ0) is 9.35. The van der Waals surface area contributed by atoms with Crippen LogP contribution in [0.3, 0.4) is 0 Å². The Morgan fingerprint density at radius 3 is 2.67 bits per heavy atom. The monoisotopic (exact) mass is 173 g/mol. The summed E-state index contributed by atoms with van der Waals surface area (Å²) in [7, 11) is 1.45. The molecule has 1 saturated heterocycles. The van der Waals surface area contributed by atoms with E-state index in [0.717, 1.165) is 0 Å². The fourth-order valence-electron chi connectivity index (χ4n) is 1.54. The number of nitrogens with zero attached hydrogens (tertiary/aromatic N) is 1. The summed E-state index contributed by atoms with van der Waals surface area (Å²) < 4.78 is 0. The van der Waals surface area contributed by atoms with Gasteiger partial charge in [0.05, 0.1) is 18.8 Å². The van der Waals surface area contributed by atoms with E-state index < -0.39 is 11.6 Å². The van der Waals surface area contributed by atoms with E-state index in [2.05, 4.69) is 0 Å². The molecular formula is C8H15NO3. The Morgan fingerprint density at radius 2 is 2.33 bits per heavy atom. The average Bonchev–Trinajstić information content (AvgIpc) is 2.29. The fourth-order valence-corrected chi connectivity index (χ4v) is 1.54. The highest BCUT2D eigenvalue weighted by Crippen LogP contribution is 2.32. The lowest BCUT2D eigenvalue weighted by Gasteiger charge is -2.35. The number of hydrogen-bond donors (Lipinski definition) is 1. The van der Waals surface area contributed by atoms with Crippen molar-refractivity contribution in [3.8, 4) is 0 Å². The van der Waals surface area contributed by atoms with Gasteiger partial charge in [-0.05, 0) is 20.3 Å². The highest BCUT2D eigenvalue weighted by molar-refractivity contribution is 5.78. The van der Waals surface area contributed by atoms with Gasteiger partial charge in [-0.2, -0.15) is 0 Å². The smallest absolute Gasteiger partial charge is 0.246 e. The molecule has 0 radical (unpaired) electrons. The summed E-state index contributed by atoms with van der Waals surface area (Å²) in [4.78, 5) is 16.1. The second-order valence-electron chi connectivity index (χ2n) is 3.40. The molecule has 0 spiro atoms. The van der Waals surface area contributed by atoms with Crippen LogP contribution in [-0.2, 0) is 9.63 Å². The van der Waals surface area contributed by atoms with Crippen molar-refractivity contribution >= 4 is 5.91 Å². The first kappa shape index (κ1) is 9.48. The third-order valence-corrected chi connectivity index (χ3v) is 2.62. The summed E-state index contributed by atoms with van der Waals surface area (Å²) in [6, 6.07) is 0. The van der Waals surface area contributed by atoms with E-state index >= 15 is 0 Å². The highest BCUT2D eigenvalue weighted by atomic mass is 16.7. The van der Waals surface area contributed by atoms with Crippen molar-refractivity contribution in [2.75, 3.05) is 7.11 Å². The molecule has 1 aliphatic heterocycles. The molecule has 4 heteroatoms. The SMILES string of the molecule is CON1C(=O)CC[C@@]1(C)[C@@H](C)O. The number of hydrogen-bond acceptors (Lipinski definition) is 3. The van der Waals surface area contributed by atoms with Gasteiger partial charge in [-0.15, -0.1) is 0 Å². The van der Waals surface area contributed by atoms with Gasteiger partial charge in [-0.3, -0.25) is 9.63 Å². The maximum atomic E-state index is 11.2. The van der Waals surface area contributed by atoms with E-state index in [-0.39, 0.29) is 5.91 Å². The van der Waals surface area contributed by atoms with Crippen LogP contribution in [0, 0.1) is 0 Å². The Balaban J connectivity index is 2.84. The molecule has 1 N–H and O–H groups in total. The third-order valence-electron chi connectivity index (χ3n) is 2.62. The van der Waals surface area contributed by atoms with E-state index in [1.165, 1.54) is 12.2 Å². The molecule has 4 nitrogen and oxygen atoms in total. The maximum absolute atomic E-state index is 11.2. The molecule has 0 unspecified atom stereocenters. The van der Waals surface area contributed by atoms with Gasteiger partial charge >= 0.3 is 0 Å². The Kier molecular flexibility index (Phi) is 2.39. The topological polar surface area (TPSA) is 49.8 Å². The second kappa shape index (κ2) is 3.03. The summed E-state index contributed by atoms with van der Waals surface area (Å²) in [6.45, 7) is 3.50. The average molecular weight is 173 g/mol. The van der Waals surface area contributed by atoms with Gasteiger partial charge in [0.2, 0.25) is 5.91 Å². The molecule has 2 atom stereocenters. The van der Waals surface area contributed by atoms with Crippen molar-refractivity contribution in [1.82, 2.24) is 5.06 Å². The Bertz CT molecular complexity index is 193. The number of aliphatic hydroxyl groups is 1. The first-order valence-corrected chi connectivity index (χ1v) is 4.07. The van der Waals surface area contributed by atoms with Crippen LogP contribution in [0.15, 0.2) is 0 Å². The fraction of sp³-hybridized carbons (Fsp3) is 0.875. The minimum atomic E-state index is -0.566. The van der Waals surface area contributed by atoms with Gasteiger partial charge in [0.25, 0.3) is 0 Å². The number of aliphatic hydroxyl groups excluding tert-OH is 1. The van der Waals surface area contributed by atoms with Crippen LogP contribution in [0.1, 0.15) is 26.7 Å². The molecule has 0 aromatic carbocycles. The first-order valence-electron chi connectivity index (χ1n) is 4.07. The number of amides is 1. The standard InChI is InChI=1S/C8H15NO3/c1-6(10)8(2)5-4-7(11)9(8)12-3/h6,10H,4-5H2,1-3H3/t6-,8+/m1/s1. The number of hydroxylamine groups is 2. The summed E-state index contributed by atoms with van der Waals surface area (Å²) in [5.74, 6) is -0.0547. The lowest BCUT2D eigenvalue weighted by Crippen LogP contribution is -2.50. The van der Waals surface area contributed by atoms with Crippen molar-refractivity contribution in [2.45, 2.75) is 38.3 Å². The molecular weight excluding hydrogens is 158 g/mol. The van der Waals surface area contributed by atoms with E-state index in [4.69, 9.17) is 4.84 Å². The van der Waals surface area contributed by atoms with Gasteiger partial charge in [0.1, 0.15) is 0 Å². The largest absolute Gasteiger partial charge is 0.391 e. The van der Waals surface area contributed by atoms with Crippen LogP contribution < -0.4 is 0 Å². The third kappa shape index (κ3) is 1.21. The molecule has 0 aromatic heterocycles. The van der Waals surface area contributed by atoms with Crippen LogP contribution in [-0.4, -0.2) is 34.8 Å². The number of carbonyl (C=O) groups excluding carboxylic acids is 1. The Morgan fingerprint density at radius 1 is 1.75 bits per heavy atom. The minimum Gasteiger partial charge on any atom is -0.391 e. The second-order valence-corrected chi connectivity index (χ2v) is 3.40. The van der Waals surface area contributed by atoms with E-state index in [0.29, 0.717) is 12.8 Å². The van der Waals surface area contributed by atoms with Crippen molar-refractivity contribution in [2.24, 2.45) is 0 Å². The normalized spacial score (nSPS) is 32.7. The predicted octanol–water partition coefficient (Wildman–Crippen LogP) is 0.310. The van der Waals surface area contributed by atoms with Crippen LogP contribution in [0.2, 0.25) is 0 Å². The van der Waals surface area contributed by atoms with Crippen molar-refractivity contribution in [1.29, 1.82) is 0 Å². The number of rotatable bonds is 2. The summed E-state index contributed by atoms with van der Waals surface area (Å²) in [5.41, 5.74) is -0.550. The van der Waals surface area contributed by atoms with Gasteiger partial charge in [0, 0.05) is 6.42 Å². The number of carbonyl (C=O) groups is 1. The maximum Gasteiger partial charge on any atom is 0.246 e. The Hall–Kier alpha value is -0.610. The Labute approximate surface area is 72.1 Å². The van der Waals surface area contributed by atoms with Crippen molar-refractivity contribution in [3.63, 3.8) is 0 Å². The van der Waals surface area contributed by atoms with Crippen LogP contribution in [0.4, 0.5) is 0 Å². The zero-order valence-corrected chi connectivity index (χ0v) is 7.70. The molecule has 0 saturated carbocycles. The molecule has 1 rings (SSSR count). The summed E-state index contributed by atoms with van der Waals surface area (Å²) >= 11 is 0. The first-order chi connectivity index (χ1) is 5.52. The van der Waals surface area contributed by atoms with Crippen molar-refractivity contribution < 1.29 is 14.7 Å². The molecule has 12 heavy (non-hydrogen) atoms. The predicted molar refractivity (Wildman–Crippen MR) is 43.2 cm³/mol. The quantitative estimate of drug-likeness (QED) is 0.653. The summed E-state index contributed by atoms with van der Waals surface area (Å²) in [6.07, 6.45) is 0.538. The van der Waals surface area contributed by atoms with Gasteiger partial charge in [-0.25, -0.2) is 5.06 Å². The van der Waals surface area contributed by atoms with Crippen LogP contribution in [0.5, 0.6) is 0 Å². The molecule has 70 valence electrons. The molecule has 1 aliphatic rings. The molecule has 1 amide bonds. The molecule has 0 aromatic rings. The molecule has 1 heterocycles. The van der Waals surface area contributed by atoms with Crippen LogP contribution in [0.25, 0.3) is 0 Å². The van der Waals surface area contributed by atoms with Gasteiger partial charge in [0.15, 0.2) is 0 Å². The lowest BCUT2D eigenvalue weighted by atomic mass is 9.94. The zero-order valence-electron chi connectivity index (χ0n) is 7.70. The lowest BCUT2D eigenvalue weighted by molar-refractivity contribution is -0.207. The minimum absolute atomic E-state index is 0.0547. The van der Waals surface area contributed by atoms with Gasteiger partial charge in [-0.1, -0.05) is 0 Å². The van der Waals surface area contributed by atoms with Crippen molar-refractivity contribution in [3.05, 3.63) is 0 Å². The molecule has 0 aliphatic carbocycles. The van der Waals surface area contributed by atoms with E-state index in [1.54, 1.807) is 6.92 Å². The molecule has 1 fully saturated rings. The van der Waals surface area contributed by atoms with Gasteiger partial charge < -0.3 is 5.11 Å². The van der Waals surface area contributed by atoms with E-state index in [9.17, 15) is 9.90 Å².